The van der Waals surface area contributed by atoms with Crippen LogP contribution in [0.25, 0.3) is 0 Å². The number of rotatable bonds is 1. The summed E-state index contributed by atoms with van der Waals surface area (Å²) in [5, 5.41) is 7.21. The summed E-state index contributed by atoms with van der Waals surface area (Å²) >= 11 is 0. The molecule has 0 saturated heterocycles. The van der Waals surface area contributed by atoms with Gasteiger partial charge in [-0.1, -0.05) is 0 Å². The van der Waals surface area contributed by atoms with E-state index in [0.29, 0.717) is 29.9 Å². The lowest BCUT2D eigenvalue weighted by Crippen LogP contribution is -2.31. The molecule has 112 valence electrons. The second kappa shape index (κ2) is 4.72. The molecule has 2 aromatic rings. The number of allylic oxidation sites excluding steroid dienone is 2. The van der Waals surface area contributed by atoms with Crippen LogP contribution in [0.1, 0.15) is 30.9 Å². The second-order valence-corrected chi connectivity index (χ2v) is 5.43. The molecule has 0 bridgehead atoms. The Kier molecular flexibility index (Phi) is 2.82. The van der Waals surface area contributed by atoms with Crippen molar-refractivity contribution in [1.82, 2.24) is 14.8 Å². The number of hydrogen-bond acceptors (Lipinski definition) is 4. The van der Waals surface area contributed by atoms with Gasteiger partial charge in [0.25, 0.3) is 0 Å². The summed E-state index contributed by atoms with van der Waals surface area (Å²) in [6, 6.07) is 2.63. The van der Waals surface area contributed by atoms with Crippen LogP contribution in [-0.4, -0.2) is 20.5 Å². The van der Waals surface area contributed by atoms with Crippen LogP contribution in [0.15, 0.2) is 35.8 Å². The van der Waals surface area contributed by atoms with Gasteiger partial charge in [0.05, 0.1) is 0 Å². The van der Waals surface area contributed by atoms with Gasteiger partial charge in [-0.25, -0.2) is 13.5 Å². The third kappa shape index (κ3) is 1.93. The Morgan fingerprint density at radius 1 is 1.18 bits per heavy atom. The molecule has 1 aromatic carbocycles. The molecule has 0 amide bonds. The minimum atomic E-state index is -0.680. The molecule has 2 aliphatic rings. The minimum Gasteiger partial charge on any atom is -0.328 e. The first-order chi connectivity index (χ1) is 10.6. The maximum absolute atomic E-state index is 13.6. The van der Waals surface area contributed by atoms with Gasteiger partial charge in [0.15, 0.2) is 5.78 Å². The van der Waals surface area contributed by atoms with E-state index in [1.165, 1.54) is 23.1 Å². The maximum atomic E-state index is 13.6. The normalized spacial score (nSPS) is 20.5. The smallest absolute Gasteiger partial charge is 0.226 e. The first-order valence-electron chi connectivity index (χ1n) is 7.02. The number of anilines is 1. The molecule has 2 heterocycles. The fraction of sp³-hybridized carbons (Fsp3) is 0.267. The van der Waals surface area contributed by atoms with Crippen molar-refractivity contribution >= 4 is 11.7 Å². The highest BCUT2D eigenvalue weighted by molar-refractivity contribution is 5.99. The van der Waals surface area contributed by atoms with Gasteiger partial charge in [0.2, 0.25) is 5.95 Å². The minimum absolute atomic E-state index is 0.0235. The van der Waals surface area contributed by atoms with Crippen molar-refractivity contribution in [2.75, 3.05) is 5.32 Å². The van der Waals surface area contributed by atoms with Crippen LogP contribution in [-0.2, 0) is 4.79 Å². The van der Waals surface area contributed by atoms with E-state index in [9.17, 15) is 13.6 Å². The fourth-order valence-electron chi connectivity index (χ4n) is 3.14. The van der Waals surface area contributed by atoms with Crippen LogP contribution in [0.4, 0.5) is 14.7 Å². The molecule has 0 fully saturated rings. The molecule has 1 N–H and O–H groups in total. The van der Waals surface area contributed by atoms with Crippen molar-refractivity contribution < 1.29 is 13.6 Å². The lowest BCUT2D eigenvalue weighted by atomic mass is 9.85. The number of Topliss-reactive ketones (excluding diaryl/α,β-unsaturated/α-hetero) is 1. The number of carbonyl (C=O) groups excluding carboxylic acids is 1. The predicted molar refractivity (Wildman–Crippen MR) is 74.0 cm³/mol. The van der Waals surface area contributed by atoms with Crippen LogP contribution in [0.3, 0.4) is 0 Å². The van der Waals surface area contributed by atoms with Crippen LogP contribution in [0.2, 0.25) is 0 Å². The van der Waals surface area contributed by atoms with E-state index in [4.69, 9.17) is 0 Å². The van der Waals surface area contributed by atoms with Crippen molar-refractivity contribution in [3.63, 3.8) is 0 Å². The Labute approximate surface area is 124 Å². The number of benzene rings is 1. The fourth-order valence-corrected chi connectivity index (χ4v) is 3.14. The molecule has 1 aliphatic carbocycles. The summed E-state index contributed by atoms with van der Waals surface area (Å²) in [6.07, 6.45) is 3.25. The monoisotopic (exact) mass is 302 g/mol. The van der Waals surface area contributed by atoms with Crippen molar-refractivity contribution in [2.24, 2.45) is 0 Å². The Morgan fingerprint density at radius 2 is 1.95 bits per heavy atom. The van der Waals surface area contributed by atoms with Crippen molar-refractivity contribution in [1.29, 1.82) is 0 Å². The summed E-state index contributed by atoms with van der Waals surface area (Å²) in [5.41, 5.74) is 1.65. The molecule has 1 aliphatic heterocycles. The van der Waals surface area contributed by atoms with Crippen molar-refractivity contribution in [2.45, 2.75) is 25.3 Å². The lowest BCUT2D eigenvalue weighted by molar-refractivity contribution is -0.116. The molecule has 1 atom stereocenters. The molecule has 4 rings (SSSR count). The van der Waals surface area contributed by atoms with Gasteiger partial charge in [-0.3, -0.25) is 4.79 Å². The molecule has 0 unspecified atom stereocenters. The zero-order chi connectivity index (χ0) is 15.3. The Hall–Kier alpha value is -2.57. The zero-order valence-electron chi connectivity index (χ0n) is 11.5. The van der Waals surface area contributed by atoms with Crippen molar-refractivity contribution in [3.05, 3.63) is 53.0 Å². The topological polar surface area (TPSA) is 59.8 Å². The summed E-state index contributed by atoms with van der Waals surface area (Å²) in [7, 11) is 0. The number of hydrogen-bond donors (Lipinski definition) is 1. The summed E-state index contributed by atoms with van der Waals surface area (Å²) in [5.74, 6) is -0.908. The molecule has 7 heteroatoms. The number of nitrogens with zero attached hydrogens (tertiary/aromatic N) is 3. The maximum Gasteiger partial charge on any atom is 0.226 e. The van der Waals surface area contributed by atoms with E-state index >= 15 is 0 Å². The average molecular weight is 302 g/mol. The van der Waals surface area contributed by atoms with E-state index in [-0.39, 0.29) is 5.78 Å². The zero-order valence-corrected chi connectivity index (χ0v) is 11.5. The summed E-state index contributed by atoms with van der Waals surface area (Å²) in [4.78, 5) is 16.5. The van der Waals surface area contributed by atoms with Crippen LogP contribution in [0, 0.1) is 11.6 Å². The van der Waals surface area contributed by atoms with Crippen molar-refractivity contribution in [3.8, 4) is 0 Å². The number of aromatic nitrogens is 3. The Bertz CT molecular complexity index is 791. The quantitative estimate of drug-likeness (QED) is 0.879. The van der Waals surface area contributed by atoms with E-state index in [2.05, 4.69) is 15.4 Å². The highest BCUT2D eigenvalue weighted by Crippen LogP contribution is 2.39. The van der Waals surface area contributed by atoms with Gasteiger partial charge >= 0.3 is 0 Å². The number of halogens is 2. The van der Waals surface area contributed by atoms with Crippen LogP contribution < -0.4 is 5.32 Å². The second-order valence-electron chi connectivity index (χ2n) is 5.43. The van der Waals surface area contributed by atoms with E-state index in [1.807, 2.05) is 0 Å². The third-order valence-electron chi connectivity index (χ3n) is 4.01. The van der Waals surface area contributed by atoms with Gasteiger partial charge in [0.1, 0.15) is 24.0 Å². The third-order valence-corrected chi connectivity index (χ3v) is 4.01. The Morgan fingerprint density at radius 3 is 2.73 bits per heavy atom. The van der Waals surface area contributed by atoms with Gasteiger partial charge in [-0.15, -0.1) is 0 Å². The van der Waals surface area contributed by atoms with Gasteiger partial charge in [0, 0.05) is 23.8 Å². The predicted octanol–water partition coefficient (Wildman–Crippen LogP) is 2.58. The largest absolute Gasteiger partial charge is 0.328 e. The van der Waals surface area contributed by atoms with Gasteiger partial charge in [-0.2, -0.15) is 10.1 Å². The van der Waals surface area contributed by atoms with E-state index in [0.717, 1.165) is 18.2 Å². The lowest BCUT2D eigenvalue weighted by Gasteiger charge is -2.32. The molecule has 22 heavy (non-hydrogen) atoms. The van der Waals surface area contributed by atoms with Crippen LogP contribution in [0.5, 0.6) is 0 Å². The molecular weight excluding hydrogens is 290 g/mol. The number of nitrogens with one attached hydrogen (secondary N) is 1. The highest BCUT2D eigenvalue weighted by atomic mass is 19.1. The molecule has 5 nitrogen and oxygen atoms in total. The van der Waals surface area contributed by atoms with E-state index in [1.54, 1.807) is 0 Å². The molecule has 1 aromatic heterocycles. The van der Waals surface area contributed by atoms with Gasteiger partial charge in [-0.05, 0) is 30.5 Å². The number of fused-ring (bicyclic) bond motifs is 1. The first kappa shape index (κ1) is 13.1. The first-order valence-corrected chi connectivity index (χ1v) is 7.02. The molecule has 0 spiro atoms. The molecule has 0 radical (unpaired) electrons. The van der Waals surface area contributed by atoms with Gasteiger partial charge < -0.3 is 5.32 Å². The number of carbonyl (C=O) groups is 1. The standard InChI is InChI=1S/C15H12F2N4O/c16-9-4-8(5-10(17)6-9)14-13-11(2-1-3-12(13)22)20-15-18-7-19-21(14)15/h4-7,14H,1-3H2,(H,18,19,20)/t14-/m1/s1. The SMILES string of the molecule is O=C1CCCC2=C1[C@@H](c1cc(F)cc(F)c1)n1ncnc1N2. The summed E-state index contributed by atoms with van der Waals surface area (Å²) in [6.45, 7) is 0. The average Bonchev–Trinajstić information content (AvgIpc) is 2.92. The highest BCUT2D eigenvalue weighted by Gasteiger charge is 2.36. The molecule has 0 saturated carbocycles. The number of ketones is 1. The summed E-state index contributed by atoms with van der Waals surface area (Å²) < 4.78 is 28.7. The molecular formula is C15H12F2N4O. The van der Waals surface area contributed by atoms with Crippen LogP contribution >= 0.6 is 0 Å². The Balaban J connectivity index is 1.94. The van der Waals surface area contributed by atoms with E-state index < -0.39 is 17.7 Å².